The first-order chi connectivity index (χ1) is 12.7. The zero-order valence-corrected chi connectivity index (χ0v) is 16.9. The first-order valence-corrected chi connectivity index (χ1v) is 9.47. The summed E-state index contributed by atoms with van der Waals surface area (Å²) < 4.78 is 5.74. The minimum Gasteiger partial charge on any atom is -0.459 e. The van der Waals surface area contributed by atoms with Crippen molar-refractivity contribution in [2.24, 2.45) is 11.3 Å². The van der Waals surface area contributed by atoms with Crippen molar-refractivity contribution in [1.29, 1.82) is 0 Å². The van der Waals surface area contributed by atoms with Gasteiger partial charge in [0, 0.05) is 6.54 Å². The van der Waals surface area contributed by atoms with Gasteiger partial charge in [-0.15, -0.1) is 13.2 Å². The van der Waals surface area contributed by atoms with E-state index in [1.807, 2.05) is 58.0 Å². The summed E-state index contributed by atoms with van der Waals surface area (Å²) in [5.74, 6) is -0.856. The van der Waals surface area contributed by atoms with Gasteiger partial charge < -0.3 is 9.64 Å². The third-order valence-corrected chi connectivity index (χ3v) is 5.17. The van der Waals surface area contributed by atoms with E-state index in [9.17, 15) is 9.59 Å². The number of hydrogen-bond donors (Lipinski definition) is 0. The van der Waals surface area contributed by atoms with Crippen LogP contribution in [0.25, 0.3) is 0 Å². The van der Waals surface area contributed by atoms with E-state index >= 15 is 0 Å². The second-order valence-electron chi connectivity index (χ2n) is 8.28. The fourth-order valence-electron chi connectivity index (χ4n) is 3.80. The Morgan fingerprint density at radius 3 is 2.44 bits per heavy atom. The molecule has 0 unspecified atom stereocenters. The second-order valence-corrected chi connectivity index (χ2v) is 8.28. The molecule has 4 nitrogen and oxygen atoms in total. The molecule has 146 valence electrons. The summed E-state index contributed by atoms with van der Waals surface area (Å²) in [6.07, 6.45) is 4.25. The van der Waals surface area contributed by atoms with Gasteiger partial charge in [0.05, 0.1) is 12.0 Å². The van der Waals surface area contributed by atoms with Crippen LogP contribution in [0, 0.1) is 11.3 Å². The number of hydrogen-bond acceptors (Lipinski definition) is 3. The summed E-state index contributed by atoms with van der Waals surface area (Å²) in [6.45, 7) is 15.5. The van der Waals surface area contributed by atoms with Crippen molar-refractivity contribution in [2.45, 2.75) is 52.2 Å². The maximum absolute atomic E-state index is 13.3. The molecule has 0 spiro atoms. The number of ether oxygens (including phenoxy) is 1. The lowest BCUT2D eigenvalue weighted by molar-refractivity contribution is -0.170. The van der Waals surface area contributed by atoms with Crippen LogP contribution in [-0.4, -0.2) is 28.9 Å². The second kappa shape index (κ2) is 8.12. The Balaban J connectivity index is 2.45. The fourth-order valence-corrected chi connectivity index (χ4v) is 3.80. The molecule has 1 amide bonds. The van der Waals surface area contributed by atoms with Crippen LogP contribution < -0.4 is 0 Å². The molecule has 3 atom stereocenters. The first-order valence-electron chi connectivity index (χ1n) is 9.47. The van der Waals surface area contributed by atoms with Crippen molar-refractivity contribution in [3.63, 3.8) is 0 Å². The molecule has 1 aromatic carbocycles. The molecule has 1 aliphatic heterocycles. The van der Waals surface area contributed by atoms with Crippen molar-refractivity contribution < 1.29 is 14.3 Å². The van der Waals surface area contributed by atoms with Crippen LogP contribution in [0.2, 0.25) is 0 Å². The minimum atomic E-state index is -0.941. The molecule has 4 heteroatoms. The Labute approximate surface area is 162 Å². The van der Waals surface area contributed by atoms with Gasteiger partial charge in [-0.3, -0.25) is 9.59 Å². The fraction of sp³-hybridized carbons (Fsp3) is 0.478. The SMILES string of the molecule is C=CC[C@H]1C(=O)N([C@H](C)c2ccccc2)C[C@@]1(CC=C)C(=O)OC(C)(C)C. The average Bonchev–Trinajstić information content (AvgIpc) is 2.88. The third-order valence-electron chi connectivity index (χ3n) is 5.17. The van der Waals surface area contributed by atoms with Crippen molar-refractivity contribution in [3.05, 3.63) is 61.2 Å². The van der Waals surface area contributed by atoms with Crippen LogP contribution in [0.5, 0.6) is 0 Å². The number of amides is 1. The number of benzene rings is 1. The maximum atomic E-state index is 13.3. The Bertz CT molecular complexity index is 704. The highest BCUT2D eigenvalue weighted by atomic mass is 16.6. The Kier molecular flexibility index (Phi) is 6.30. The average molecular weight is 370 g/mol. The summed E-state index contributed by atoms with van der Waals surface area (Å²) in [6, 6.07) is 9.74. The highest BCUT2D eigenvalue weighted by Crippen LogP contribution is 2.47. The van der Waals surface area contributed by atoms with Crippen LogP contribution >= 0.6 is 0 Å². The van der Waals surface area contributed by atoms with E-state index < -0.39 is 16.9 Å². The Morgan fingerprint density at radius 1 is 1.30 bits per heavy atom. The summed E-state index contributed by atoms with van der Waals surface area (Å²) in [5, 5.41) is 0. The molecule has 0 bridgehead atoms. The summed E-state index contributed by atoms with van der Waals surface area (Å²) in [4.78, 5) is 28.3. The minimum absolute atomic E-state index is 0.0287. The van der Waals surface area contributed by atoms with Gasteiger partial charge in [0.15, 0.2) is 0 Å². The third kappa shape index (κ3) is 4.32. The monoisotopic (exact) mass is 369 g/mol. The molecular formula is C23H31NO3. The maximum Gasteiger partial charge on any atom is 0.315 e. The zero-order chi connectivity index (χ0) is 20.2. The standard InChI is InChI=1S/C23H31NO3/c1-7-12-19-20(25)24(17(3)18-13-10-9-11-14-18)16-23(19,15-8-2)21(26)27-22(4,5)6/h7-11,13-14,17,19H,1-2,12,15-16H2,3-6H3/t17-,19+,23-/m1/s1. The van der Waals surface area contributed by atoms with Crippen molar-refractivity contribution in [2.75, 3.05) is 6.54 Å². The molecule has 0 N–H and O–H groups in total. The predicted octanol–water partition coefficient (Wildman–Crippen LogP) is 4.69. The van der Waals surface area contributed by atoms with Gasteiger partial charge in [0.25, 0.3) is 0 Å². The molecular weight excluding hydrogens is 338 g/mol. The topological polar surface area (TPSA) is 46.6 Å². The highest BCUT2D eigenvalue weighted by molar-refractivity contribution is 5.92. The molecule has 0 aromatic heterocycles. The Morgan fingerprint density at radius 2 is 1.93 bits per heavy atom. The van der Waals surface area contributed by atoms with Crippen molar-refractivity contribution >= 4 is 11.9 Å². The predicted molar refractivity (Wildman–Crippen MR) is 108 cm³/mol. The molecule has 1 aromatic rings. The van der Waals surface area contributed by atoms with E-state index in [1.165, 1.54) is 0 Å². The van der Waals surface area contributed by atoms with E-state index in [1.54, 1.807) is 17.1 Å². The van der Waals surface area contributed by atoms with Crippen LogP contribution in [-0.2, 0) is 14.3 Å². The number of carbonyl (C=O) groups excluding carboxylic acids is 2. The van der Waals surface area contributed by atoms with Gasteiger partial charge in [0.1, 0.15) is 11.0 Å². The number of carbonyl (C=O) groups is 2. The number of rotatable bonds is 7. The van der Waals surface area contributed by atoms with Crippen LogP contribution in [0.15, 0.2) is 55.6 Å². The molecule has 1 saturated heterocycles. The first kappa shape index (κ1) is 20.9. The van der Waals surface area contributed by atoms with Crippen LogP contribution in [0.4, 0.5) is 0 Å². The largest absolute Gasteiger partial charge is 0.459 e. The normalized spacial score (nSPS) is 23.8. The molecule has 1 fully saturated rings. The molecule has 1 aliphatic rings. The van der Waals surface area contributed by atoms with Gasteiger partial charge in [-0.2, -0.15) is 0 Å². The van der Waals surface area contributed by atoms with Crippen molar-refractivity contribution in [3.8, 4) is 0 Å². The van der Waals surface area contributed by atoms with Crippen molar-refractivity contribution in [1.82, 2.24) is 4.90 Å². The number of esters is 1. The molecule has 2 rings (SSSR count). The lowest BCUT2D eigenvalue weighted by atomic mass is 9.73. The Hall–Kier alpha value is -2.36. The lowest BCUT2D eigenvalue weighted by Crippen LogP contribution is -2.43. The van der Waals surface area contributed by atoms with Gasteiger partial charge in [-0.05, 0) is 46.1 Å². The van der Waals surface area contributed by atoms with E-state index in [2.05, 4.69) is 13.2 Å². The lowest BCUT2D eigenvalue weighted by Gasteiger charge is -2.33. The highest BCUT2D eigenvalue weighted by Gasteiger charge is 2.58. The van der Waals surface area contributed by atoms with Gasteiger partial charge in [-0.25, -0.2) is 0 Å². The van der Waals surface area contributed by atoms with Gasteiger partial charge >= 0.3 is 5.97 Å². The molecule has 0 aliphatic carbocycles. The molecule has 1 heterocycles. The molecule has 0 saturated carbocycles. The van der Waals surface area contributed by atoms with Crippen LogP contribution in [0.3, 0.4) is 0 Å². The summed E-state index contributed by atoms with van der Waals surface area (Å²) >= 11 is 0. The van der Waals surface area contributed by atoms with Gasteiger partial charge in [0.2, 0.25) is 5.91 Å². The van der Waals surface area contributed by atoms with E-state index in [4.69, 9.17) is 4.74 Å². The molecule has 0 radical (unpaired) electrons. The summed E-state index contributed by atoms with van der Waals surface area (Å²) in [7, 11) is 0. The number of likely N-dealkylation sites (tertiary alicyclic amines) is 1. The molecule has 27 heavy (non-hydrogen) atoms. The van der Waals surface area contributed by atoms with Crippen LogP contribution in [0.1, 0.15) is 52.1 Å². The van der Waals surface area contributed by atoms with E-state index in [0.717, 1.165) is 5.56 Å². The summed E-state index contributed by atoms with van der Waals surface area (Å²) in [5.41, 5.74) is -0.517. The zero-order valence-electron chi connectivity index (χ0n) is 16.9. The smallest absolute Gasteiger partial charge is 0.315 e. The number of nitrogens with zero attached hydrogens (tertiary/aromatic N) is 1. The van der Waals surface area contributed by atoms with Gasteiger partial charge in [-0.1, -0.05) is 42.5 Å². The van der Waals surface area contributed by atoms with E-state index in [0.29, 0.717) is 19.4 Å². The quantitative estimate of drug-likeness (QED) is 0.517. The van der Waals surface area contributed by atoms with E-state index in [-0.39, 0.29) is 17.9 Å². The number of allylic oxidation sites excluding steroid dienone is 2.